The van der Waals surface area contributed by atoms with Crippen LogP contribution in [0.2, 0.25) is 0 Å². The summed E-state index contributed by atoms with van der Waals surface area (Å²) in [5.74, 6) is -1.09. The molecule has 0 saturated carbocycles. The zero-order valence-corrected chi connectivity index (χ0v) is 12.3. The Hall–Kier alpha value is -2.34. The Morgan fingerprint density at radius 1 is 1.24 bits per heavy atom. The summed E-state index contributed by atoms with van der Waals surface area (Å²) in [4.78, 5) is 24.2. The highest BCUT2D eigenvalue weighted by atomic mass is 32.1. The quantitative estimate of drug-likeness (QED) is 0.794. The molecule has 0 radical (unpaired) electrons. The largest absolute Gasteiger partial charge is 0.479 e. The Balaban J connectivity index is 1.96. The van der Waals surface area contributed by atoms with Crippen LogP contribution < -0.4 is 10.6 Å². The van der Waals surface area contributed by atoms with Gasteiger partial charge in [-0.25, -0.2) is 9.59 Å². The molecule has 0 unspecified atom stereocenters. The van der Waals surface area contributed by atoms with E-state index in [4.69, 9.17) is 0 Å². The van der Waals surface area contributed by atoms with Crippen molar-refractivity contribution >= 4 is 23.3 Å². The number of hydrogen-bond acceptors (Lipinski definition) is 3. The SMILES string of the molecule is Cc1ccsc1CNC(=O)N[C@H](C(=O)O)c1ccccc1. The van der Waals surface area contributed by atoms with E-state index in [1.54, 1.807) is 41.7 Å². The number of thiophene rings is 1. The highest BCUT2D eigenvalue weighted by molar-refractivity contribution is 7.10. The average Bonchev–Trinajstić information content (AvgIpc) is 2.88. The van der Waals surface area contributed by atoms with E-state index in [0.29, 0.717) is 12.1 Å². The fourth-order valence-electron chi connectivity index (χ4n) is 1.86. The second-order valence-electron chi connectivity index (χ2n) is 4.54. The number of amides is 2. The topological polar surface area (TPSA) is 78.4 Å². The van der Waals surface area contributed by atoms with Gasteiger partial charge in [-0.2, -0.15) is 0 Å². The summed E-state index contributed by atoms with van der Waals surface area (Å²) >= 11 is 1.55. The van der Waals surface area contributed by atoms with E-state index in [2.05, 4.69) is 10.6 Å². The van der Waals surface area contributed by atoms with Crippen LogP contribution >= 0.6 is 11.3 Å². The molecule has 2 rings (SSSR count). The number of benzene rings is 1. The lowest BCUT2D eigenvalue weighted by Crippen LogP contribution is -2.40. The molecule has 110 valence electrons. The Morgan fingerprint density at radius 3 is 2.52 bits per heavy atom. The summed E-state index contributed by atoms with van der Waals surface area (Å²) in [5.41, 5.74) is 1.64. The van der Waals surface area contributed by atoms with E-state index in [9.17, 15) is 14.7 Å². The lowest BCUT2D eigenvalue weighted by atomic mass is 10.1. The molecule has 1 heterocycles. The molecule has 6 heteroatoms. The number of carboxylic acid groups (broad SMARTS) is 1. The highest BCUT2D eigenvalue weighted by Gasteiger charge is 2.21. The van der Waals surface area contributed by atoms with Crippen LogP contribution in [0.3, 0.4) is 0 Å². The third kappa shape index (κ3) is 4.06. The van der Waals surface area contributed by atoms with Crippen LogP contribution in [0.4, 0.5) is 4.79 Å². The zero-order valence-electron chi connectivity index (χ0n) is 11.5. The summed E-state index contributed by atoms with van der Waals surface area (Å²) in [7, 11) is 0. The molecule has 0 fully saturated rings. The fourth-order valence-corrected chi connectivity index (χ4v) is 2.71. The molecule has 0 aliphatic rings. The summed E-state index contributed by atoms with van der Waals surface area (Å²) < 4.78 is 0. The van der Waals surface area contributed by atoms with Crippen molar-refractivity contribution in [2.75, 3.05) is 0 Å². The average molecular weight is 304 g/mol. The van der Waals surface area contributed by atoms with Crippen LogP contribution in [0, 0.1) is 6.92 Å². The van der Waals surface area contributed by atoms with Gasteiger partial charge in [-0.1, -0.05) is 30.3 Å². The summed E-state index contributed by atoms with van der Waals surface area (Å²) in [6, 6.07) is 9.02. The van der Waals surface area contributed by atoms with Crippen molar-refractivity contribution in [3.8, 4) is 0 Å². The number of carbonyl (C=O) groups is 2. The zero-order chi connectivity index (χ0) is 15.2. The van der Waals surface area contributed by atoms with Gasteiger partial charge in [-0.15, -0.1) is 11.3 Å². The summed E-state index contributed by atoms with van der Waals surface area (Å²) in [6.45, 7) is 2.35. The Labute approximate surface area is 126 Å². The van der Waals surface area contributed by atoms with Gasteiger partial charge in [0, 0.05) is 4.88 Å². The molecule has 1 aromatic carbocycles. The molecule has 21 heavy (non-hydrogen) atoms. The van der Waals surface area contributed by atoms with Gasteiger partial charge >= 0.3 is 12.0 Å². The van der Waals surface area contributed by atoms with Gasteiger partial charge in [0.1, 0.15) is 0 Å². The van der Waals surface area contributed by atoms with E-state index in [-0.39, 0.29) is 0 Å². The van der Waals surface area contributed by atoms with E-state index in [0.717, 1.165) is 10.4 Å². The molecule has 0 bridgehead atoms. The second-order valence-corrected chi connectivity index (χ2v) is 5.54. The van der Waals surface area contributed by atoms with E-state index >= 15 is 0 Å². The van der Waals surface area contributed by atoms with Crippen molar-refractivity contribution in [3.63, 3.8) is 0 Å². The maximum Gasteiger partial charge on any atom is 0.330 e. The Kier molecular flexibility index (Phi) is 4.94. The third-order valence-corrected chi connectivity index (χ3v) is 4.06. The van der Waals surface area contributed by atoms with Crippen LogP contribution in [0.1, 0.15) is 22.0 Å². The number of carboxylic acids is 1. The van der Waals surface area contributed by atoms with Crippen LogP contribution in [0.5, 0.6) is 0 Å². The van der Waals surface area contributed by atoms with Crippen LogP contribution in [-0.2, 0) is 11.3 Å². The molecule has 0 aliphatic carbocycles. The molecule has 2 aromatic rings. The number of urea groups is 1. The van der Waals surface area contributed by atoms with Crippen LogP contribution in [0.25, 0.3) is 0 Å². The first-order valence-electron chi connectivity index (χ1n) is 6.43. The number of nitrogens with one attached hydrogen (secondary N) is 2. The van der Waals surface area contributed by atoms with Crippen molar-refractivity contribution in [3.05, 3.63) is 57.8 Å². The van der Waals surface area contributed by atoms with Crippen molar-refractivity contribution < 1.29 is 14.7 Å². The monoisotopic (exact) mass is 304 g/mol. The van der Waals surface area contributed by atoms with Crippen molar-refractivity contribution in [1.29, 1.82) is 0 Å². The smallest absolute Gasteiger partial charge is 0.330 e. The van der Waals surface area contributed by atoms with Gasteiger partial charge in [0.25, 0.3) is 0 Å². The molecule has 5 nitrogen and oxygen atoms in total. The van der Waals surface area contributed by atoms with Gasteiger partial charge in [-0.05, 0) is 29.5 Å². The van der Waals surface area contributed by atoms with Gasteiger partial charge in [0.2, 0.25) is 0 Å². The van der Waals surface area contributed by atoms with Crippen molar-refractivity contribution in [1.82, 2.24) is 10.6 Å². The highest BCUT2D eigenvalue weighted by Crippen LogP contribution is 2.15. The Bertz CT molecular complexity index is 625. The minimum Gasteiger partial charge on any atom is -0.479 e. The molecule has 2 amide bonds. The van der Waals surface area contributed by atoms with Gasteiger partial charge in [-0.3, -0.25) is 0 Å². The molecule has 3 N–H and O–H groups in total. The van der Waals surface area contributed by atoms with Gasteiger partial charge in [0.05, 0.1) is 6.54 Å². The molecule has 1 aromatic heterocycles. The summed E-state index contributed by atoms with van der Waals surface area (Å²) in [5, 5.41) is 16.3. The molecule has 0 spiro atoms. The normalized spacial score (nSPS) is 11.7. The maximum absolute atomic E-state index is 11.9. The first-order valence-corrected chi connectivity index (χ1v) is 7.31. The van der Waals surface area contributed by atoms with Gasteiger partial charge < -0.3 is 15.7 Å². The van der Waals surface area contributed by atoms with Crippen LogP contribution in [-0.4, -0.2) is 17.1 Å². The van der Waals surface area contributed by atoms with Crippen LogP contribution in [0.15, 0.2) is 41.8 Å². The minimum absolute atomic E-state index is 0.385. The molecule has 0 aliphatic heterocycles. The van der Waals surface area contributed by atoms with E-state index in [1.165, 1.54) is 0 Å². The van der Waals surface area contributed by atoms with Gasteiger partial charge in [0.15, 0.2) is 6.04 Å². The first-order chi connectivity index (χ1) is 10.1. The molecule has 0 saturated heterocycles. The predicted octanol–water partition coefficient (Wildman–Crippen LogP) is 2.68. The fraction of sp³-hybridized carbons (Fsp3) is 0.200. The van der Waals surface area contributed by atoms with Crippen molar-refractivity contribution in [2.24, 2.45) is 0 Å². The Morgan fingerprint density at radius 2 is 1.95 bits per heavy atom. The first kappa shape index (κ1) is 15.1. The number of aliphatic carboxylic acids is 1. The maximum atomic E-state index is 11.9. The van der Waals surface area contributed by atoms with Crippen molar-refractivity contribution in [2.45, 2.75) is 19.5 Å². The van der Waals surface area contributed by atoms with E-state index in [1.807, 2.05) is 18.4 Å². The number of carbonyl (C=O) groups excluding carboxylic acids is 1. The standard InChI is InChI=1S/C15H16N2O3S/c1-10-7-8-21-12(10)9-16-15(20)17-13(14(18)19)11-5-3-2-4-6-11/h2-8,13H,9H2,1H3,(H,18,19)(H2,16,17,20)/t13-/m0/s1. The molecule has 1 atom stereocenters. The minimum atomic E-state index is -1.09. The lowest BCUT2D eigenvalue weighted by Gasteiger charge is -2.15. The third-order valence-electron chi connectivity index (χ3n) is 3.03. The number of aryl methyl sites for hydroxylation is 1. The number of hydrogen-bond donors (Lipinski definition) is 3. The summed E-state index contributed by atoms with van der Waals surface area (Å²) in [6.07, 6.45) is 0. The predicted molar refractivity (Wildman–Crippen MR) is 81.2 cm³/mol. The molecular weight excluding hydrogens is 288 g/mol. The second kappa shape index (κ2) is 6.90. The van der Waals surface area contributed by atoms with E-state index < -0.39 is 18.0 Å². The number of rotatable bonds is 5. The lowest BCUT2D eigenvalue weighted by molar-refractivity contribution is -0.139. The molecular formula is C15H16N2O3S.